The molecule has 4 atom stereocenters. The van der Waals surface area contributed by atoms with Gasteiger partial charge in [0.1, 0.15) is 0 Å². The standard InChI is InChI=1S/C58H60N2/c1-53(2)33-19-35-55(5)47-37-39(29-31-49(47)59(57(53,55)7)41-21-11-9-12-22-41)51-43-25-15-17-27-45(43)52(46-28-18-16-26-44(46)51)40-30-32-50-48(38-40)56(6)36-20-34-54(3,4)58(56,8)60(50)42-23-13-10-14-24-42/h9-18,21-32,37-38H,19-20,33-36H2,1-8H3. The van der Waals surface area contributed by atoms with Crippen molar-refractivity contribution < 1.29 is 0 Å². The van der Waals surface area contributed by atoms with E-state index >= 15 is 0 Å². The Balaban J connectivity index is 1.13. The van der Waals surface area contributed by atoms with Crippen LogP contribution in [0.4, 0.5) is 22.7 Å². The van der Waals surface area contributed by atoms with Crippen LogP contribution < -0.4 is 9.80 Å². The maximum atomic E-state index is 2.72. The van der Waals surface area contributed by atoms with Crippen LogP contribution in [0.3, 0.4) is 0 Å². The van der Waals surface area contributed by atoms with Gasteiger partial charge < -0.3 is 9.80 Å². The van der Waals surface area contributed by atoms with Gasteiger partial charge in [0, 0.05) is 33.6 Å². The Hall–Kier alpha value is -5.34. The van der Waals surface area contributed by atoms with Crippen molar-refractivity contribution in [2.75, 3.05) is 9.80 Å². The zero-order valence-corrected chi connectivity index (χ0v) is 37.0. The lowest BCUT2D eigenvalue weighted by Gasteiger charge is -2.59. The van der Waals surface area contributed by atoms with Crippen LogP contribution in [0, 0.1) is 10.8 Å². The van der Waals surface area contributed by atoms with Crippen molar-refractivity contribution in [1.29, 1.82) is 0 Å². The number of anilines is 4. The smallest absolute Gasteiger partial charge is 0.0568 e. The minimum Gasteiger partial charge on any atom is -0.334 e. The first-order valence-corrected chi connectivity index (χ1v) is 22.7. The second kappa shape index (κ2) is 12.6. The first-order valence-electron chi connectivity index (χ1n) is 22.7. The van der Waals surface area contributed by atoms with Gasteiger partial charge in [-0.3, -0.25) is 0 Å². The lowest BCUT2D eigenvalue weighted by molar-refractivity contribution is 0.0484. The Bertz CT molecular complexity index is 2600. The normalized spacial score (nSPS) is 27.4. The number of hydrogen-bond acceptors (Lipinski definition) is 2. The van der Waals surface area contributed by atoms with Gasteiger partial charge in [-0.1, -0.05) is 151 Å². The molecule has 4 unspecified atom stereocenters. The van der Waals surface area contributed by atoms with Gasteiger partial charge in [-0.25, -0.2) is 0 Å². The monoisotopic (exact) mass is 784 g/mol. The number of rotatable bonds is 4. The fourth-order valence-corrected chi connectivity index (χ4v) is 14.0. The van der Waals surface area contributed by atoms with E-state index < -0.39 is 0 Å². The molecule has 2 aliphatic heterocycles. The van der Waals surface area contributed by atoms with Crippen LogP contribution in [0.1, 0.15) is 105 Å². The molecule has 2 saturated carbocycles. The Morgan fingerprint density at radius 2 is 0.700 bits per heavy atom. The fourth-order valence-electron chi connectivity index (χ4n) is 14.0. The highest BCUT2D eigenvalue weighted by molar-refractivity contribution is 6.21. The van der Waals surface area contributed by atoms with Crippen molar-refractivity contribution in [2.24, 2.45) is 10.8 Å². The highest BCUT2D eigenvalue weighted by Gasteiger charge is 2.66. The van der Waals surface area contributed by atoms with Crippen LogP contribution in [0.2, 0.25) is 0 Å². The molecule has 7 aromatic rings. The second-order valence-corrected chi connectivity index (χ2v) is 20.9. The highest BCUT2D eigenvalue weighted by atomic mass is 15.3. The maximum absolute atomic E-state index is 2.72. The molecule has 0 N–H and O–H groups in total. The third-order valence-electron chi connectivity index (χ3n) is 17.8. The van der Waals surface area contributed by atoms with Gasteiger partial charge in [-0.15, -0.1) is 0 Å². The van der Waals surface area contributed by atoms with Crippen LogP contribution in [0.25, 0.3) is 43.8 Å². The molecular formula is C58H60N2. The fraction of sp³-hybridized carbons (Fsp3) is 0.345. The van der Waals surface area contributed by atoms with Gasteiger partial charge in [0.25, 0.3) is 0 Å². The summed E-state index contributed by atoms with van der Waals surface area (Å²) < 4.78 is 0. The van der Waals surface area contributed by atoms with Crippen LogP contribution in [-0.2, 0) is 10.8 Å². The molecule has 2 nitrogen and oxygen atoms in total. The predicted octanol–water partition coefficient (Wildman–Crippen LogP) is 16.1. The third-order valence-corrected chi connectivity index (χ3v) is 17.8. The predicted molar refractivity (Wildman–Crippen MR) is 256 cm³/mol. The van der Waals surface area contributed by atoms with E-state index in [0.717, 1.165) is 0 Å². The average Bonchev–Trinajstić information content (AvgIpc) is 3.59. The summed E-state index contributed by atoms with van der Waals surface area (Å²) >= 11 is 0. The number of hydrogen-bond donors (Lipinski definition) is 0. The van der Waals surface area contributed by atoms with E-state index in [-0.39, 0.29) is 32.7 Å². The molecule has 60 heavy (non-hydrogen) atoms. The second-order valence-electron chi connectivity index (χ2n) is 20.9. The first-order chi connectivity index (χ1) is 28.8. The van der Waals surface area contributed by atoms with E-state index in [4.69, 9.17) is 0 Å². The molecule has 0 saturated heterocycles. The molecule has 0 amide bonds. The molecule has 0 aromatic heterocycles. The van der Waals surface area contributed by atoms with Crippen molar-refractivity contribution in [2.45, 2.75) is 116 Å². The lowest BCUT2D eigenvalue weighted by Crippen LogP contribution is -2.64. The van der Waals surface area contributed by atoms with Crippen LogP contribution in [0.15, 0.2) is 146 Å². The minimum atomic E-state index is -0.0848. The zero-order chi connectivity index (χ0) is 41.5. The molecular weight excluding hydrogens is 725 g/mol. The van der Waals surface area contributed by atoms with Gasteiger partial charge in [0.15, 0.2) is 0 Å². The summed E-state index contributed by atoms with van der Waals surface area (Å²) in [5.41, 5.74) is 13.6. The van der Waals surface area contributed by atoms with Crippen molar-refractivity contribution >= 4 is 44.3 Å². The van der Waals surface area contributed by atoms with Crippen molar-refractivity contribution in [3.05, 3.63) is 157 Å². The molecule has 7 aromatic carbocycles. The number of benzene rings is 7. The summed E-state index contributed by atoms with van der Waals surface area (Å²) in [7, 11) is 0. The molecule has 0 bridgehead atoms. The Morgan fingerprint density at radius 1 is 0.367 bits per heavy atom. The summed E-state index contributed by atoms with van der Waals surface area (Å²) in [4.78, 5) is 5.44. The molecule has 302 valence electrons. The molecule has 0 spiro atoms. The molecule has 4 aliphatic rings. The quantitative estimate of drug-likeness (QED) is 0.164. The van der Waals surface area contributed by atoms with E-state index in [1.165, 1.54) is 116 Å². The first kappa shape index (κ1) is 37.6. The van der Waals surface area contributed by atoms with Gasteiger partial charge in [0.2, 0.25) is 0 Å². The molecule has 2 aliphatic carbocycles. The summed E-state index contributed by atoms with van der Waals surface area (Å²) in [5, 5.41) is 5.29. The largest absolute Gasteiger partial charge is 0.334 e. The topological polar surface area (TPSA) is 6.48 Å². The average molecular weight is 785 g/mol. The van der Waals surface area contributed by atoms with E-state index in [0.29, 0.717) is 0 Å². The summed E-state index contributed by atoms with van der Waals surface area (Å²) in [5.74, 6) is 0. The summed E-state index contributed by atoms with van der Waals surface area (Å²) in [6, 6.07) is 55.8. The zero-order valence-electron chi connectivity index (χ0n) is 37.0. The maximum Gasteiger partial charge on any atom is 0.0568 e. The Labute approximate surface area is 358 Å². The van der Waals surface area contributed by atoms with Crippen LogP contribution >= 0.6 is 0 Å². The van der Waals surface area contributed by atoms with Crippen molar-refractivity contribution in [1.82, 2.24) is 0 Å². The number of para-hydroxylation sites is 2. The Morgan fingerprint density at radius 3 is 1.05 bits per heavy atom. The van der Waals surface area contributed by atoms with Crippen LogP contribution in [-0.4, -0.2) is 11.1 Å². The molecule has 2 heteroatoms. The molecule has 2 heterocycles. The Kier molecular flexibility index (Phi) is 7.91. The molecule has 11 rings (SSSR count). The summed E-state index contributed by atoms with van der Waals surface area (Å²) in [6.07, 6.45) is 7.30. The highest BCUT2D eigenvalue weighted by Crippen LogP contribution is 2.68. The van der Waals surface area contributed by atoms with E-state index in [2.05, 4.69) is 211 Å². The SMILES string of the molecule is CC1(C)CCCC2(C)c3cc(-c4c5ccccc5c(-c5ccc6c(c5)C5(C)CCCC(C)(C)C5(C)N6c5ccccc5)c5ccccc45)ccc3N(c3ccccc3)C12C. The number of fused-ring (bicyclic) bond motifs is 8. The van der Waals surface area contributed by atoms with E-state index in [1.807, 2.05) is 0 Å². The van der Waals surface area contributed by atoms with Crippen molar-refractivity contribution in [3.8, 4) is 22.3 Å². The molecule has 0 radical (unpaired) electrons. The minimum absolute atomic E-state index is 0.0160. The molecule has 2 fully saturated rings. The van der Waals surface area contributed by atoms with Gasteiger partial charge >= 0.3 is 0 Å². The van der Waals surface area contributed by atoms with E-state index in [1.54, 1.807) is 0 Å². The summed E-state index contributed by atoms with van der Waals surface area (Å²) in [6.45, 7) is 20.3. The van der Waals surface area contributed by atoms with E-state index in [9.17, 15) is 0 Å². The van der Waals surface area contributed by atoms with Gasteiger partial charge in [-0.05, 0) is 154 Å². The number of nitrogens with zero attached hydrogens (tertiary/aromatic N) is 2. The van der Waals surface area contributed by atoms with Gasteiger partial charge in [0.05, 0.1) is 11.1 Å². The van der Waals surface area contributed by atoms with Crippen molar-refractivity contribution in [3.63, 3.8) is 0 Å². The van der Waals surface area contributed by atoms with Gasteiger partial charge in [-0.2, -0.15) is 0 Å². The lowest BCUT2D eigenvalue weighted by atomic mass is 9.51. The third kappa shape index (κ3) is 4.61. The van der Waals surface area contributed by atoms with Crippen LogP contribution in [0.5, 0.6) is 0 Å².